The molecule has 4 unspecified atom stereocenters. The van der Waals surface area contributed by atoms with E-state index in [1.54, 1.807) is 11.0 Å². The molecule has 1 aromatic carbocycles. The molecule has 1 amide bonds. The van der Waals surface area contributed by atoms with Gasteiger partial charge in [-0.3, -0.25) is 9.59 Å². The van der Waals surface area contributed by atoms with Crippen LogP contribution >= 0.6 is 11.6 Å². The monoisotopic (exact) mass is 431 g/mol. The summed E-state index contributed by atoms with van der Waals surface area (Å²) >= 11 is 6.25. The Hall–Kier alpha value is -1.85. The average molecular weight is 432 g/mol. The van der Waals surface area contributed by atoms with Gasteiger partial charge in [-0.2, -0.15) is 0 Å². The topological polar surface area (TPSA) is 55.8 Å². The number of fused-ring (bicyclic) bond motifs is 1. The summed E-state index contributed by atoms with van der Waals surface area (Å²) in [7, 11) is 0. The lowest BCUT2D eigenvalue weighted by Crippen LogP contribution is -2.41. The molecule has 6 heteroatoms. The predicted molar refractivity (Wildman–Crippen MR) is 115 cm³/mol. The number of carbonyl (C=O) groups excluding carboxylic acids is 2. The molecule has 0 radical (unpaired) electrons. The van der Waals surface area contributed by atoms with Crippen molar-refractivity contribution in [3.63, 3.8) is 0 Å². The van der Waals surface area contributed by atoms with E-state index in [0.29, 0.717) is 36.1 Å². The maximum atomic E-state index is 13.6. The molecule has 5 nitrogen and oxygen atoms in total. The zero-order valence-corrected chi connectivity index (χ0v) is 18.7. The number of Topliss-reactive ketones (excluding diaryl/α,β-unsaturated/α-hetero) is 1. The Morgan fingerprint density at radius 2 is 2.07 bits per heavy atom. The fourth-order valence-electron chi connectivity index (χ4n) is 4.93. The van der Waals surface area contributed by atoms with Crippen LogP contribution in [0, 0.1) is 11.8 Å². The number of ketones is 1. The third kappa shape index (κ3) is 4.02. The van der Waals surface area contributed by atoms with Crippen molar-refractivity contribution in [1.29, 1.82) is 0 Å². The van der Waals surface area contributed by atoms with E-state index in [0.717, 1.165) is 24.8 Å². The SMILES string of the molecule is CC1CCC2OC3=C(C(=O)C2C1)C(c1cccc(Cl)c1)N(CCCOC(C)C)C3=O. The van der Waals surface area contributed by atoms with E-state index >= 15 is 0 Å². The predicted octanol–water partition coefficient (Wildman–Crippen LogP) is 4.70. The number of rotatable bonds is 6. The lowest BCUT2D eigenvalue weighted by atomic mass is 9.74. The lowest BCUT2D eigenvalue weighted by Gasteiger charge is -2.37. The van der Waals surface area contributed by atoms with Gasteiger partial charge in [0.2, 0.25) is 0 Å². The first-order valence-electron chi connectivity index (χ1n) is 11.0. The van der Waals surface area contributed by atoms with Gasteiger partial charge in [0, 0.05) is 18.2 Å². The Labute approximate surface area is 183 Å². The Morgan fingerprint density at radius 3 is 2.80 bits per heavy atom. The summed E-state index contributed by atoms with van der Waals surface area (Å²) in [6.45, 7) is 7.23. The molecule has 4 atom stereocenters. The summed E-state index contributed by atoms with van der Waals surface area (Å²) in [6.07, 6.45) is 3.33. The molecule has 1 aromatic rings. The fraction of sp³-hybridized carbons (Fsp3) is 0.583. The Kier molecular flexibility index (Phi) is 6.21. The molecule has 2 heterocycles. The van der Waals surface area contributed by atoms with Crippen molar-refractivity contribution in [1.82, 2.24) is 4.90 Å². The van der Waals surface area contributed by atoms with Crippen molar-refractivity contribution in [2.45, 2.75) is 64.7 Å². The van der Waals surface area contributed by atoms with Crippen LogP contribution < -0.4 is 0 Å². The normalized spacial score (nSPS) is 28.6. The molecule has 4 rings (SSSR count). The second-order valence-corrected chi connectivity index (χ2v) is 9.45. The molecule has 0 spiro atoms. The van der Waals surface area contributed by atoms with Crippen LogP contribution in [0.1, 0.15) is 58.1 Å². The van der Waals surface area contributed by atoms with Crippen LogP contribution in [0.3, 0.4) is 0 Å². The summed E-state index contributed by atoms with van der Waals surface area (Å²) in [4.78, 5) is 28.7. The molecular weight excluding hydrogens is 402 g/mol. The van der Waals surface area contributed by atoms with E-state index in [9.17, 15) is 9.59 Å². The maximum absolute atomic E-state index is 13.6. The minimum atomic E-state index is -0.448. The van der Waals surface area contributed by atoms with Crippen LogP contribution in [-0.2, 0) is 19.1 Å². The first kappa shape index (κ1) is 21.4. The highest BCUT2D eigenvalue weighted by Gasteiger charge is 2.52. The Bertz CT molecular complexity index is 865. The zero-order chi connectivity index (χ0) is 21.4. The summed E-state index contributed by atoms with van der Waals surface area (Å²) in [6, 6.07) is 6.99. The van der Waals surface area contributed by atoms with Crippen LogP contribution in [0.2, 0.25) is 5.02 Å². The van der Waals surface area contributed by atoms with E-state index < -0.39 is 6.04 Å². The molecule has 1 aliphatic carbocycles. The van der Waals surface area contributed by atoms with E-state index in [-0.39, 0.29) is 35.6 Å². The van der Waals surface area contributed by atoms with Crippen molar-refractivity contribution < 1.29 is 19.1 Å². The Balaban J connectivity index is 1.66. The van der Waals surface area contributed by atoms with Crippen LogP contribution in [0.5, 0.6) is 0 Å². The molecule has 3 aliphatic rings. The lowest BCUT2D eigenvalue weighted by molar-refractivity contribution is -0.136. The number of benzene rings is 1. The first-order chi connectivity index (χ1) is 14.4. The van der Waals surface area contributed by atoms with Crippen molar-refractivity contribution in [3.8, 4) is 0 Å². The number of halogens is 1. The average Bonchev–Trinajstić information content (AvgIpc) is 2.98. The van der Waals surface area contributed by atoms with Gasteiger partial charge in [0.1, 0.15) is 6.10 Å². The van der Waals surface area contributed by atoms with Crippen molar-refractivity contribution in [2.24, 2.45) is 11.8 Å². The number of hydrogen-bond donors (Lipinski definition) is 0. The molecule has 0 bridgehead atoms. The van der Waals surface area contributed by atoms with Gasteiger partial charge < -0.3 is 14.4 Å². The van der Waals surface area contributed by atoms with Gasteiger partial charge in [-0.25, -0.2) is 0 Å². The van der Waals surface area contributed by atoms with Crippen molar-refractivity contribution in [2.75, 3.05) is 13.2 Å². The molecule has 1 saturated carbocycles. The highest BCUT2D eigenvalue weighted by Crippen LogP contribution is 2.47. The van der Waals surface area contributed by atoms with Crippen LogP contribution in [0.4, 0.5) is 0 Å². The fourth-order valence-corrected chi connectivity index (χ4v) is 5.13. The molecule has 0 saturated heterocycles. The van der Waals surface area contributed by atoms with E-state index in [4.69, 9.17) is 21.1 Å². The molecular formula is C24H30ClNO4. The van der Waals surface area contributed by atoms with Crippen LogP contribution in [0.15, 0.2) is 35.6 Å². The molecule has 2 aliphatic heterocycles. The van der Waals surface area contributed by atoms with Crippen molar-refractivity contribution in [3.05, 3.63) is 46.2 Å². The second-order valence-electron chi connectivity index (χ2n) is 9.02. The minimum absolute atomic E-state index is 0.0760. The van der Waals surface area contributed by atoms with E-state index in [1.165, 1.54) is 0 Å². The molecule has 1 fully saturated rings. The van der Waals surface area contributed by atoms with Gasteiger partial charge in [-0.05, 0) is 63.1 Å². The summed E-state index contributed by atoms with van der Waals surface area (Å²) in [5, 5.41) is 0.588. The zero-order valence-electron chi connectivity index (χ0n) is 17.9. The minimum Gasteiger partial charge on any atom is -0.483 e. The molecule has 162 valence electrons. The number of carbonyl (C=O) groups is 2. The standard InChI is InChI=1S/C24H30ClNO4/c1-14(2)29-11-5-10-26-21(16-6-4-7-17(25)13-16)20-22(27)18-12-15(3)8-9-19(18)30-23(20)24(26)28/h4,6-7,13-15,18-19,21H,5,8-12H2,1-3H3. The second kappa shape index (κ2) is 8.72. The van der Waals surface area contributed by atoms with Gasteiger partial charge in [-0.1, -0.05) is 30.7 Å². The third-order valence-electron chi connectivity index (χ3n) is 6.36. The molecule has 0 aromatic heterocycles. The van der Waals surface area contributed by atoms with Crippen LogP contribution in [0.25, 0.3) is 0 Å². The highest BCUT2D eigenvalue weighted by atomic mass is 35.5. The Morgan fingerprint density at radius 1 is 1.27 bits per heavy atom. The van der Waals surface area contributed by atoms with E-state index in [2.05, 4.69) is 6.92 Å². The van der Waals surface area contributed by atoms with Gasteiger partial charge in [-0.15, -0.1) is 0 Å². The van der Waals surface area contributed by atoms with E-state index in [1.807, 2.05) is 32.0 Å². The quantitative estimate of drug-likeness (QED) is 0.613. The first-order valence-corrected chi connectivity index (χ1v) is 11.4. The maximum Gasteiger partial charge on any atom is 0.290 e. The largest absolute Gasteiger partial charge is 0.483 e. The summed E-state index contributed by atoms with van der Waals surface area (Å²) < 4.78 is 11.9. The smallest absolute Gasteiger partial charge is 0.290 e. The van der Waals surface area contributed by atoms with Crippen LogP contribution in [-0.4, -0.2) is 41.9 Å². The number of nitrogens with zero attached hydrogens (tertiary/aromatic N) is 1. The summed E-state index contributed by atoms with van der Waals surface area (Å²) in [5.74, 6) is 0.473. The van der Waals surface area contributed by atoms with Gasteiger partial charge in [0.15, 0.2) is 11.5 Å². The molecule has 0 N–H and O–H groups in total. The number of amides is 1. The van der Waals surface area contributed by atoms with Gasteiger partial charge in [0.25, 0.3) is 5.91 Å². The summed E-state index contributed by atoms with van der Waals surface area (Å²) in [5.41, 5.74) is 1.37. The number of hydrogen-bond acceptors (Lipinski definition) is 4. The molecule has 30 heavy (non-hydrogen) atoms. The third-order valence-corrected chi connectivity index (χ3v) is 6.60. The van der Waals surface area contributed by atoms with Gasteiger partial charge in [0.05, 0.1) is 23.6 Å². The highest BCUT2D eigenvalue weighted by molar-refractivity contribution is 6.30. The van der Waals surface area contributed by atoms with Crippen molar-refractivity contribution >= 4 is 23.3 Å². The van der Waals surface area contributed by atoms with Gasteiger partial charge >= 0.3 is 0 Å². The number of ether oxygens (including phenoxy) is 2.